The Bertz CT molecular complexity index is 350. The topological polar surface area (TPSA) is 32.3 Å². The molecule has 1 saturated heterocycles. The average molecular weight is 241 g/mol. The van der Waals surface area contributed by atoms with Gasteiger partial charge >= 0.3 is 0 Å². The maximum Gasteiger partial charge on any atom is 0.275 e. The van der Waals surface area contributed by atoms with Gasteiger partial charge in [0.25, 0.3) is 5.92 Å². The van der Waals surface area contributed by atoms with E-state index in [2.05, 4.69) is 5.32 Å². The van der Waals surface area contributed by atoms with Gasteiger partial charge < -0.3 is 10.4 Å². The predicted octanol–water partition coefficient (Wildman–Crippen LogP) is 2.28. The second kappa shape index (κ2) is 5.10. The van der Waals surface area contributed by atoms with Gasteiger partial charge in [-0.1, -0.05) is 30.3 Å². The Labute approximate surface area is 99.7 Å². The Morgan fingerprint density at radius 1 is 1.35 bits per heavy atom. The van der Waals surface area contributed by atoms with Crippen LogP contribution >= 0.6 is 0 Å². The van der Waals surface area contributed by atoms with Crippen LogP contribution in [0.25, 0.3) is 0 Å². The van der Waals surface area contributed by atoms with Crippen molar-refractivity contribution in [1.29, 1.82) is 0 Å². The number of halogens is 2. The first-order valence-electron chi connectivity index (χ1n) is 5.94. The van der Waals surface area contributed by atoms with Gasteiger partial charge in [0.2, 0.25) is 0 Å². The molecule has 0 amide bonds. The van der Waals surface area contributed by atoms with Gasteiger partial charge in [-0.15, -0.1) is 0 Å². The highest BCUT2D eigenvalue weighted by Crippen LogP contribution is 2.34. The molecule has 1 aliphatic heterocycles. The Hall–Kier alpha value is -1.00. The van der Waals surface area contributed by atoms with Crippen molar-refractivity contribution in [3.05, 3.63) is 35.9 Å². The standard InChI is InChI=1S/C13H17F2NO/c14-13(15,10-5-2-1-3-6-10)9-12(17)11-7-4-8-16-11/h1-3,5-6,11-12,16-17H,4,7-9H2/t11?,12-/m1/s1. The number of nitrogens with one attached hydrogen (secondary N) is 1. The molecule has 4 heteroatoms. The minimum Gasteiger partial charge on any atom is -0.391 e. The summed E-state index contributed by atoms with van der Waals surface area (Å²) in [5.41, 5.74) is -0.0305. The Kier molecular flexibility index (Phi) is 3.74. The zero-order chi connectivity index (χ0) is 12.3. The third kappa shape index (κ3) is 3.01. The molecule has 0 spiro atoms. The van der Waals surface area contributed by atoms with Crippen LogP contribution in [0.4, 0.5) is 8.78 Å². The van der Waals surface area contributed by atoms with Gasteiger partial charge in [0.05, 0.1) is 6.10 Å². The van der Waals surface area contributed by atoms with Crippen molar-refractivity contribution in [1.82, 2.24) is 5.32 Å². The Balaban J connectivity index is 2.01. The van der Waals surface area contributed by atoms with Crippen LogP contribution in [0.1, 0.15) is 24.8 Å². The van der Waals surface area contributed by atoms with E-state index in [0.717, 1.165) is 19.4 Å². The molecule has 1 aromatic rings. The van der Waals surface area contributed by atoms with Crippen molar-refractivity contribution in [2.75, 3.05) is 6.54 Å². The van der Waals surface area contributed by atoms with E-state index >= 15 is 0 Å². The normalized spacial score (nSPS) is 22.6. The lowest BCUT2D eigenvalue weighted by molar-refractivity contribution is -0.0565. The van der Waals surface area contributed by atoms with Crippen LogP contribution in [-0.2, 0) is 5.92 Å². The van der Waals surface area contributed by atoms with Crippen LogP contribution in [0.15, 0.2) is 30.3 Å². The molecule has 1 heterocycles. The van der Waals surface area contributed by atoms with Gasteiger partial charge in [-0.3, -0.25) is 0 Å². The van der Waals surface area contributed by atoms with Crippen molar-refractivity contribution >= 4 is 0 Å². The van der Waals surface area contributed by atoms with E-state index in [1.807, 2.05) is 0 Å². The van der Waals surface area contributed by atoms with Gasteiger partial charge in [0.15, 0.2) is 0 Å². The molecule has 1 fully saturated rings. The van der Waals surface area contributed by atoms with Crippen LogP contribution in [0.5, 0.6) is 0 Å². The fraction of sp³-hybridized carbons (Fsp3) is 0.538. The molecule has 2 rings (SSSR count). The number of hydrogen-bond donors (Lipinski definition) is 2. The molecule has 0 aromatic heterocycles. The summed E-state index contributed by atoms with van der Waals surface area (Å²) in [5.74, 6) is -2.97. The second-order valence-corrected chi connectivity index (χ2v) is 4.54. The third-order valence-electron chi connectivity index (χ3n) is 3.22. The molecule has 0 saturated carbocycles. The summed E-state index contributed by atoms with van der Waals surface area (Å²) in [5, 5.41) is 12.9. The summed E-state index contributed by atoms with van der Waals surface area (Å²) in [7, 11) is 0. The Morgan fingerprint density at radius 2 is 2.06 bits per heavy atom. The van der Waals surface area contributed by atoms with Gasteiger partial charge in [-0.05, 0) is 19.4 Å². The molecule has 94 valence electrons. The highest BCUT2D eigenvalue weighted by molar-refractivity contribution is 5.20. The zero-order valence-electron chi connectivity index (χ0n) is 9.57. The molecule has 1 aromatic carbocycles. The third-order valence-corrected chi connectivity index (χ3v) is 3.22. The van der Waals surface area contributed by atoms with Crippen LogP contribution in [0, 0.1) is 0 Å². The van der Waals surface area contributed by atoms with E-state index < -0.39 is 18.4 Å². The predicted molar refractivity (Wildman–Crippen MR) is 62.0 cm³/mol. The number of benzene rings is 1. The summed E-state index contributed by atoms with van der Waals surface area (Å²) in [4.78, 5) is 0. The van der Waals surface area contributed by atoms with Gasteiger partial charge in [-0.25, -0.2) is 8.78 Å². The fourth-order valence-corrected chi connectivity index (χ4v) is 2.24. The highest BCUT2D eigenvalue weighted by atomic mass is 19.3. The van der Waals surface area contributed by atoms with Crippen LogP contribution in [0.3, 0.4) is 0 Å². The zero-order valence-corrected chi connectivity index (χ0v) is 9.57. The SMILES string of the molecule is O[C@H](CC(F)(F)c1ccccc1)C1CCCN1. The maximum absolute atomic E-state index is 13.9. The summed E-state index contributed by atoms with van der Waals surface area (Å²) in [6.45, 7) is 0.804. The lowest BCUT2D eigenvalue weighted by Crippen LogP contribution is -2.38. The van der Waals surface area contributed by atoms with Gasteiger partial charge in [0, 0.05) is 18.0 Å². The first kappa shape index (κ1) is 12.5. The van der Waals surface area contributed by atoms with E-state index in [-0.39, 0.29) is 11.6 Å². The molecular weight excluding hydrogens is 224 g/mol. The van der Waals surface area contributed by atoms with Crippen LogP contribution < -0.4 is 5.32 Å². The van der Waals surface area contributed by atoms with Crippen molar-refractivity contribution in [3.63, 3.8) is 0 Å². The largest absolute Gasteiger partial charge is 0.391 e. The van der Waals surface area contributed by atoms with Crippen molar-refractivity contribution in [3.8, 4) is 0 Å². The number of rotatable bonds is 4. The fourth-order valence-electron chi connectivity index (χ4n) is 2.24. The number of aliphatic hydroxyl groups excluding tert-OH is 1. The number of aliphatic hydroxyl groups is 1. The van der Waals surface area contributed by atoms with Crippen molar-refractivity contribution in [2.45, 2.75) is 37.3 Å². The number of hydrogen-bond acceptors (Lipinski definition) is 2. The van der Waals surface area contributed by atoms with Gasteiger partial charge in [-0.2, -0.15) is 0 Å². The van der Waals surface area contributed by atoms with E-state index in [1.165, 1.54) is 12.1 Å². The molecule has 2 N–H and O–H groups in total. The first-order chi connectivity index (χ1) is 8.09. The van der Waals surface area contributed by atoms with Crippen LogP contribution in [-0.4, -0.2) is 23.8 Å². The maximum atomic E-state index is 13.9. The van der Waals surface area contributed by atoms with Crippen LogP contribution in [0.2, 0.25) is 0 Å². The minimum absolute atomic E-state index is 0.0305. The molecule has 2 nitrogen and oxygen atoms in total. The van der Waals surface area contributed by atoms with E-state index in [9.17, 15) is 13.9 Å². The highest BCUT2D eigenvalue weighted by Gasteiger charge is 2.37. The summed E-state index contributed by atoms with van der Waals surface area (Å²) in [6.07, 6.45) is 0.201. The smallest absolute Gasteiger partial charge is 0.275 e. The molecule has 17 heavy (non-hydrogen) atoms. The second-order valence-electron chi connectivity index (χ2n) is 4.54. The monoisotopic (exact) mass is 241 g/mol. The summed E-state index contributed by atoms with van der Waals surface area (Å²) < 4.78 is 27.7. The lowest BCUT2D eigenvalue weighted by atomic mass is 9.97. The molecule has 0 aliphatic carbocycles. The first-order valence-corrected chi connectivity index (χ1v) is 5.94. The molecular formula is C13H17F2NO. The van der Waals surface area contributed by atoms with E-state index in [1.54, 1.807) is 18.2 Å². The summed E-state index contributed by atoms with van der Waals surface area (Å²) in [6, 6.07) is 7.48. The lowest BCUT2D eigenvalue weighted by Gasteiger charge is -2.24. The molecule has 0 radical (unpaired) electrons. The molecule has 1 unspecified atom stereocenters. The summed E-state index contributed by atoms with van der Waals surface area (Å²) >= 11 is 0. The molecule has 1 aliphatic rings. The van der Waals surface area contributed by atoms with Crippen molar-refractivity contribution in [2.24, 2.45) is 0 Å². The average Bonchev–Trinajstić information content (AvgIpc) is 2.83. The van der Waals surface area contributed by atoms with E-state index in [0.29, 0.717) is 0 Å². The molecule has 0 bridgehead atoms. The quantitative estimate of drug-likeness (QED) is 0.847. The Morgan fingerprint density at radius 3 is 2.65 bits per heavy atom. The minimum atomic E-state index is -2.97. The van der Waals surface area contributed by atoms with Gasteiger partial charge in [0.1, 0.15) is 0 Å². The van der Waals surface area contributed by atoms with E-state index in [4.69, 9.17) is 0 Å². The molecule has 2 atom stereocenters. The van der Waals surface area contributed by atoms with Crippen molar-refractivity contribution < 1.29 is 13.9 Å². The number of alkyl halides is 2.